The van der Waals surface area contributed by atoms with Gasteiger partial charge in [-0.25, -0.2) is 4.68 Å². The molecule has 2 N–H and O–H groups in total. The maximum Gasteiger partial charge on any atom is 0.0766 e. The van der Waals surface area contributed by atoms with Crippen molar-refractivity contribution in [3.63, 3.8) is 0 Å². The third-order valence-electron chi connectivity index (χ3n) is 4.11. The lowest BCUT2D eigenvalue weighted by atomic mass is 9.96. The zero-order valence-corrected chi connectivity index (χ0v) is 13.7. The number of hydrogen-bond donors (Lipinski definition) is 2. The van der Waals surface area contributed by atoms with Crippen LogP contribution in [-0.4, -0.2) is 28.0 Å². The monoisotopic (exact) mass is 321 g/mol. The third-order valence-corrected chi connectivity index (χ3v) is 4.11. The second-order valence-corrected chi connectivity index (χ2v) is 5.84. The highest BCUT2D eigenvalue weighted by molar-refractivity contribution is 5.30. The molecule has 0 saturated carbocycles. The highest BCUT2D eigenvalue weighted by atomic mass is 16.3. The van der Waals surface area contributed by atoms with Gasteiger partial charge in [-0.2, -0.15) is 5.10 Å². The van der Waals surface area contributed by atoms with Crippen molar-refractivity contribution in [2.45, 2.75) is 18.9 Å². The molecule has 4 nitrogen and oxygen atoms in total. The number of aliphatic hydroxyl groups is 1. The van der Waals surface area contributed by atoms with E-state index in [1.54, 1.807) is 0 Å². The van der Waals surface area contributed by atoms with Gasteiger partial charge in [0.2, 0.25) is 0 Å². The van der Waals surface area contributed by atoms with Crippen molar-refractivity contribution in [2.75, 3.05) is 13.2 Å². The lowest BCUT2D eigenvalue weighted by Gasteiger charge is -2.16. The molecule has 0 bridgehead atoms. The van der Waals surface area contributed by atoms with Crippen LogP contribution in [0.4, 0.5) is 0 Å². The van der Waals surface area contributed by atoms with E-state index in [0.29, 0.717) is 12.5 Å². The molecule has 3 aromatic rings. The summed E-state index contributed by atoms with van der Waals surface area (Å²) in [6, 6.07) is 22.5. The summed E-state index contributed by atoms with van der Waals surface area (Å²) >= 11 is 0. The SMILES string of the molecule is OCCC(CNCc1ccn(-c2ccccc2)n1)c1ccccc1. The zero-order chi connectivity index (χ0) is 16.6. The summed E-state index contributed by atoms with van der Waals surface area (Å²) in [5.41, 5.74) is 3.33. The van der Waals surface area contributed by atoms with Gasteiger partial charge in [0.1, 0.15) is 0 Å². The summed E-state index contributed by atoms with van der Waals surface area (Å²) in [6.07, 6.45) is 2.74. The van der Waals surface area contributed by atoms with Gasteiger partial charge in [0.15, 0.2) is 0 Å². The molecule has 0 aliphatic rings. The average molecular weight is 321 g/mol. The van der Waals surface area contributed by atoms with Gasteiger partial charge in [0.05, 0.1) is 11.4 Å². The Morgan fingerprint density at radius 2 is 1.67 bits per heavy atom. The number of nitrogens with one attached hydrogen (secondary N) is 1. The average Bonchev–Trinajstić information content (AvgIpc) is 3.11. The summed E-state index contributed by atoms with van der Waals surface area (Å²) in [7, 11) is 0. The third kappa shape index (κ3) is 4.31. The van der Waals surface area contributed by atoms with E-state index in [1.165, 1.54) is 5.56 Å². The molecule has 0 spiro atoms. The van der Waals surface area contributed by atoms with Crippen LogP contribution < -0.4 is 5.32 Å². The highest BCUT2D eigenvalue weighted by Crippen LogP contribution is 2.18. The van der Waals surface area contributed by atoms with E-state index in [1.807, 2.05) is 65.5 Å². The maximum absolute atomic E-state index is 9.30. The Balaban J connectivity index is 1.56. The minimum absolute atomic E-state index is 0.198. The summed E-state index contributed by atoms with van der Waals surface area (Å²) in [5, 5.41) is 17.4. The quantitative estimate of drug-likeness (QED) is 0.670. The Morgan fingerprint density at radius 1 is 0.958 bits per heavy atom. The van der Waals surface area contributed by atoms with Gasteiger partial charge in [-0.15, -0.1) is 0 Å². The van der Waals surface area contributed by atoms with Gasteiger partial charge < -0.3 is 10.4 Å². The summed E-state index contributed by atoms with van der Waals surface area (Å²) in [4.78, 5) is 0. The van der Waals surface area contributed by atoms with E-state index in [2.05, 4.69) is 22.5 Å². The fourth-order valence-electron chi connectivity index (χ4n) is 2.82. The van der Waals surface area contributed by atoms with Crippen molar-refractivity contribution in [1.29, 1.82) is 0 Å². The standard InChI is InChI=1S/C20H23N3O/c24-14-12-18(17-7-3-1-4-8-17)15-21-16-19-11-13-23(22-19)20-9-5-2-6-10-20/h1-11,13,18,21,24H,12,14-16H2. The molecule has 1 atom stereocenters. The molecule has 0 aliphatic heterocycles. The molecule has 0 saturated heterocycles. The van der Waals surface area contributed by atoms with Gasteiger partial charge >= 0.3 is 0 Å². The molecule has 0 fully saturated rings. The molecule has 3 rings (SSSR count). The van der Waals surface area contributed by atoms with Crippen molar-refractivity contribution in [1.82, 2.24) is 15.1 Å². The van der Waals surface area contributed by atoms with Crippen LogP contribution in [-0.2, 0) is 6.54 Å². The molecule has 4 heteroatoms. The van der Waals surface area contributed by atoms with Crippen LogP contribution in [0.15, 0.2) is 72.9 Å². The number of aliphatic hydroxyl groups excluding tert-OH is 1. The second-order valence-electron chi connectivity index (χ2n) is 5.84. The number of nitrogens with zero attached hydrogens (tertiary/aromatic N) is 2. The number of hydrogen-bond acceptors (Lipinski definition) is 3. The minimum Gasteiger partial charge on any atom is -0.396 e. The molecule has 24 heavy (non-hydrogen) atoms. The summed E-state index contributed by atoms with van der Waals surface area (Å²) in [5.74, 6) is 0.312. The predicted molar refractivity (Wildman–Crippen MR) is 96.2 cm³/mol. The van der Waals surface area contributed by atoms with E-state index >= 15 is 0 Å². The van der Waals surface area contributed by atoms with Gasteiger partial charge in [-0.1, -0.05) is 48.5 Å². The molecule has 1 unspecified atom stereocenters. The van der Waals surface area contributed by atoms with Crippen LogP contribution in [0.25, 0.3) is 5.69 Å². The van der Waals surface area contributed by atoms with Crippen LogP contribution in [0.5, 0.6) is 0 Å². The van der Waals surface area contributed by atoms with E-state index < -0.39 is 0 Å². The van der Waals surface area contributed by atoms with Gasteiger partial charge in [0.25, 0.3) is 0 Å². The first-order valence-corrected chi connectivity index (χ1v) is 8.33. The number of aromatic nitrogens is 2. The first-order valence-electron chi connectivity index (χ1n) is 8.33. The van der Waals surface area contributed by atoms with Crippen LogP contribution in [0.2, 0.25) is 0 Å². The Labute approximate surface area is 142 Å². The van der Waals surface area contributed by atoms with Crippen molar-refractivity contribution >= 4 is 0 Å². The normalized spacial score (nSPS) is 12.2. The number of para-hydroxylation sites is 1. The molecule has 2 aromatic carbocycles. The van der Waals surface area contributed by atoms with Crippen molar-refractivity contribution in [3.05, 3.63) is 84.2 Å². The van der Waals surface area contributed by atoms with Gasteiger partial charge in [-0.05, 0) is 36.1 Å². The van der Waals surface area contributed by atoms with E-state index in [-0.39, 0.29) is 6.61 Å². The van der Waals surface area contributed by atoms with Crippen molar-refractivity contribution in [2.24, 2.45) is 0 Å². The van der Waals surface area contributed by atoms with Crippen LogP contribution >= 0.6 is 0 Å². The number of benzene rings is 2. The van der Waals surface area contributed by atoms with E-state index in [0.717, 1.165) is 24.3 Å². The molecular weight excluding hydrogens is 298 g/mol. The molecule has 1 aromatic heterocycles. The summed E-state index contributed by atoms with van der Waals surface area (Å²) in [6.45, 7) is 1.74. The molecule has 124 valence electrons. The first-order chi connectivity index (χ1) is 11.9. The zero-order valence-electron chi connectivity index (χ0n) is 13.7. The Kier molecular flexibility index (Phi) is 5.77. The van der Waals surface area contributed by atoms with Crippen molar-refractivity contribution < 1.29 is 5.11 Å². The van der Waals surface area contributed by atoms with Gasteiger partial charge in [0, 0.05) is 25.9 Å². The fraction of sp³-hybridized carbons (Fsp3) is 0.250. The molecule has 0 amide bonds. The van der Waals surface area contributed by atoms with Crippen molar-refractivity contribution in [3.8, 4) is 5.69 Å². The molecule has 1 heterocycles. The molecule has 0 radical (unpaired) electrons. The maximum atomic E-state index is 9.30. The molecular formula is C20H23N3O. The molecule has 0 aliphatic carbocycles. The number of rotatable bonds is 8. The Hall–Kier alpha value is -2.43. The first kappa shape index (κ1) is 16.4. The topological polar surface area (TPSA) is 50.1 Å². The Morgan fingerprint density at radius 3 is 2.38 bits per heavy atom. The Bertz CT molecular complexity index is 725. The fourth-order valence-corrected chi connectivity index (χ4v) is 2.82. The van der Waals surface area contributed by atoms with Crippen LogP contribution in [0, 0.1) is 0 Å². The van der Waals surface area contributed by atoms with E-state index in [9.17, 15) is 5.11 Å². The van der Waals surface area contributed by atoms with E-state index in [4.69, 9.17) is 0 Å². The van der Waals surface area contributed by atoms with Crippen LogP contribution in [0.1, 0.15) is 23.6 Å². The smallest absolute Gasteiger partial charge is 0.0766 e. The predicted octanol–water partition coefficient (Wildman–Crippen LogP) is 3.13. The highest BCUT2D eigenvalue weighted by Gasteiger charge is 2.10. The van der Waals surface area contributed by atoms with Gasteiger partial charge in [-0.3, -0.25) is 0 Å². The largest absolute Gasteiger partial charge is 0.396 e. The van der Waals surface area contributed by atoms with Crippen LogP contribution in [0.3, 0.4) is 0 Å². The minimum atomic E-state index is 0.198. The summed E-state index contributed by atoms with van der Waals surface area (Å²) < 4.78 is 1.89. The second kappa shape index (κ2) is 8.43. The lowest BCUT2D eigenvalue weighted by molar-refractivity contribution is 0.273. The lowest BCUT2D eigenvalue weighted by Crippen LogP contribution is -2.22.